The fourth-order valence-corrected chi connectivity index (χ4v) is 5.11. The lowest BCUT2D eigenvalue weighted by Gasteiger charge is -2.30. The molecule has 1 aliphatic heterocycles. The highest BCUT2D eigenvalue weighted by Crippen LogP contribution is 2.23. The molecule has 0 radical (unpaired) electrons. The van der Waals surface area contributed by atoms with E-state index in [4.69, 9.17) is 4.74 Å². The molecule has 1 N–H and O–H groups in total. The zero-order chi connectivity index (χ0) is 19.2. The molecule has 1 aliphatic rings. The van der Waals surface area contributed by atoms with Crippen molar-refractivity contribution in [3.63, 3.8) is 0 Å². The Balaban J connectivity index is 1.93. The average molecular weight is 404 g/mol. The van der Waals surface area contributed by atoms with E-state index in [0.717, 1.165) is 0 Å². The second kappa shape index (κ2) is 9.43. The Kier molecular flexibility index (Phi) is 7.54. The number of ether oxygens (including phenoxy) is 1. The molecule has 1 aromatic rings. The Labute approximate surface area is 158 Å². The number of nitrogens with zero attached hydrogens (tertiary/aromatic N) is 2. The summed E-state index contributed by atoms with van der Waals surface area (Å²) in [5, 5.41) is 4.84. The Morgan fingerprint density at radius 1 is 1.42 bits per heavy atom. The standard InChI is InChI=1S/C16H25N3O5S2/c1-3-8-26(22,23)19-7-5-6-12(10-19)15(21)18-16-17-13(11-25-16)9-14(20)24-4-2/h11-12H,3-10H2,1-2H3,(H,17,18,21)/t12-/m0/s1. The van der Waals surface area contributed by atoms with Crippen molar-refractivity contribution in [3.8, 4) is 0 Å². The number of carbonyl (C=O) groups is 2. The monoisotopic (exact) mass is 403 g/mol. The third kappa shape index (κ3) is 5.75. The number of anilines is 1. The van der Waals surface area contributed by atoms with E-state index >= 15 is 0 Å². The predicted molar refractivity (Wildman–Crippen MR) is 99.5 cm³/mol. The lowest BCUT2D eigenvalue weighted by atomic mass is 9.99. The molecule has 1 amide bonds. The molecule has 1 saturated heterocycles. The third-order valence-corrected chi connectivity index (χ3v) is 6.87. The number of aromatic nitrogens is 1. The van der Waals surface area contributed by atoms with Crippen LogP contribution in [-0.2, 0) is 30.8 Å². The van der Waals surface area contributed by atoms with Crippen LogP contribution in [0.25, 0.3) is 0 Å². The van der Waals surface area contributed by atoms with Crippen LogP contribution < -0.4 is 5.32 Å². The van der Waals surface area contributed by atoms with E-state index in [1.807, 2.05) is 6.92 Å². The van der Waals surface area contributed by atoms with Gasteiger partial charge in [-0.05, 0) is 26.2 Å². The minimum Gasteiger partial charge on any atom is -0.466 e. The lowest BCUT2D eigenvalue weighted by Crippen LogP contribution is -2.44. The maximum atomic E-state index is 12.5. The number of sulfonamides is 1. The summed E-state index contributed by atoms with van der Waals surface area (Å²) >= 11 is 1.23. The van der Waals surface area contributed by atoms with Gasteiger partial charge in [-0.1, -0.05) is 6.92 Å². The van der Waals surface area contributed by atoms with Crippen LogP contribution in [0.4, 0.5) is 5.13 Å². The molecule has 146 valence electrons. The molecule has 2 rings (SSSR count). The van der Waals surface area contributed by atoms with Gasteiger partial charge in [-0.3, -0.25) is 9.59 Å². The average Bonchev–Trinajstić information content (AvgIpc) is 3.02. The zero-order valence-corrected chi connectivity index (χ0v) is 16.7. The Bertz CT molecular complexity index is 732. The number of piperidine rings is 1. The van der Waals surface area contributed by atoms with Crippen molar-refractivity contribution in [2.24, 2.45) is 5.92 Å². The topological polar surface area (TPSA) is 106 Å². The zero-order valence-electron chi connectivity index (χ0n) is 15.1. The van der Waals surface area contributed by atoms with Gasteiger partial charge in [0.1, 0.15) is 0 Å². The van der Waals surface area contributed by atoms with E-state index in [-0.39, 0.29) is 30.6 Å². The highest BCUT2D eigenvalue weighted by atomic mass is 32.2. The molecule has 2 heterocycles. The first-order valence-electron chi connectivity index (χ1n) is 8.74. The van der Waals surface area contributed by atoms with Crippen molar-refractivity contribution in [1.29, 1.82) is 0 Å². The number of nitrogens with one attached hydrogen (secondary N) is 1. The van der Waals surface area contributed by atoms with E-state index < -0.39 is 15.9 Å². The van der Waals surface area contributed by atoms with Crippen LogP contribution in [0, 0.1) is 5.92 Å². The summed E-state index contributed by atoms with van der Waals surface area (Å²) in [5.74, 6) is -0.892. The normalized spacial score (nSPS) is 18.5. The number of rotatable bonds is 8. The van der Waals surface area contributed by atoms with Crippen molar-refractivity contribution in [2.75, 3.05) is 30.8 Å². The molecule has 0 aromatic carbocycles. The van der Waals surface area contributed by atoms with Gasteiger partial charge in [0.25, 0.3) is 0 Å². The molecular weight excluding hydrogens is 378 g/mol. The van der Waals surface area contributed by atoms with Crippen LogP contribution in [-0.4, -0.2) is 55.0 Å². The van der Waals surface area contributed by atoms with Gasteiger partial charge < -0.3 is 10.1 Å². The number of carbonyl (C=O) groups excluding carboxylic acids is 2. The van der Waals surface area contributed by atoms with Crippen molar-refractivity contribution in [3.05, 3.63) is 11.1 Å². The number of esters is 1. The summed E-state index contributed by atoms with van der Waals surface area (Å²) in [5.41, 5.74) is 0.541. The molecular formula is C16H25N3O5S2. The van der Waals surface area contributed by atoms with E-state index in [2.05, 4.69) is 10.3 Å². The van der Waals surface area contributed by atoms with Gasteiger partial charge in [0.05, 0.1) is 30.4 Å². The number of amides is 1. The first-order valence-corrected chi connectivity index (χ1v) is 11.2. The van der Waals surface area contributed by atoms with E-state index in [1.165, 1.54) is 15.6 Å². The second-order valence-corrected chi connectivity index (χ2v) is 9.07. The van der Waals surface area contributed by atoms with Crippen LogP contribution in [0.1, 0.15) is 38.8 Å². The van der Waals surface area contributed by atoms with Crippen molar-refractivity contribution < 1.29 is 22.7 Å². The third-order valence-electron chi connectivity index (χ3n) is 4.02. The van der Waals surface area contributed by atoms with Crippen molar-refractivity contribution >= 4 is 38.4 Å². The van der Waals surface area contributed by atoms with E-state index in [1.54, 1.807) is 12.3 Å². The number of hydrogen-bond acceptors (Lipinski definition) is 7. The summed E-state index contributed by atoms with van der Waals surface area (Å²) in [7, 11) is -3.30. The first kappa shape index (κ1) is 20.8. The summed E-state index contributed by atoms with van der Waals surface area (Å²) in [4.78, 5) is 28.2. The van der Waals surface area contributed by atoms with Gasteiger partial charge in [0, 0.05) is 18.5 Å². The summed E-state index contributed by atoms with van der Waals surface area (Å²) in [6.07, 6.45) is 1.92. The fourth-order valence-electron chi connectivity index (χ4n) is 2.81. The smallest absolute Gasteiger partial charge is 0.311 e. The molecule has 0 spiro atoms. The minimum atomic E-state index is -3.30. The molecule has 1 fully saturated rings. The predicted octanol–water partition coefficient (Wildman–Crippen LogP) is 1.64. The Morgan fingerprint density at radius 2 is 2.19 bits per heavy atom. The summed E-state index contributed by atoms with van der Waals surface area (Å²) in [6, 6.07) is 0. The van der Waals surface area contributed by atoms with E-state index in [9.17, 15) is 18.0 Å². The number of thiazole rings is 1. The molecule has 10 heteroatoms. The number of hydrogen-bond donors (Lipinski definition) is 1. The Morgan fingerprint density at radius 3 is 2.88 bits per heavy atom. The molecule has 1 aromatic heterocycles. The highest BCUT2D eigenvalue weighted by Gasteiger charge is 2.32. The van der Waals surface area contributed by atoms with E-state index in [0.29, 0.717) is 43.2 Å². The maximum absolute atomic E-state index is 12.5. The minimum absolute atomic E-state index is 0.0622. The van der Waals surface area contributed by atoms with Gasteiger partial charge in [0.2, 0.25) is 15.9 Å². The Hall–Kier alpha value is -1.52. The molecule has 0 unspecified atom stereocenters. The van der Waals surface area contributed by atoms with Crippen LogP contribution in [0.5, 0.6) is 0 Å². The van der Waals surface area contributed by atoms with Gasteiger partial charge in [-0.15, -0.1) is 11.3 Å². The van der Waals surface area contributed by atoms with Crippen LogP contribution in [0.2, 0.25) is 0 Å². The molecule has 8 nitrogen and oxygen atoms in total. The largest absolute Gasteiger partial charge is 0.466 e. The molecule has 0 bridgehead atoms. The van der Waals surface area contributed by atoms with Crippen LogP contribution in [0.3, 0.4) is 0 Å². The lowest BCUT2D eigenvalue weighted by molar-refractivity contribution is -0.142. The van der Waals surface area contributed by atoms with Gasteiger partial charge in [-0.2, -0.15) is 0 Å². The molecule has 0 aliphatic carbocycles. The van der Waals surface area contributed by atoms with Gasteiger partial charge in [-0.25, -0.2) is 17.7 Å². The maximum Gasteiger partial charge on any atom is 0.311 e. The SMILES string of the molecule is CCCS(=O)(=O)N1CCC[C@H](C(=O)Nc2nc(CC(=O)OCC)cs2)C1. The molecule has 1 atom stereocenters. The van der Waals surface area contributed by atoms with Gasteiger partial charge >= 0.3 is 5.97 Å². The quantitative estimate of drug-likeness (QED) is 0.662. The second-order valence-electron chi connectivity index (χ2n) is 6.13. The van der Waals surface area contributed by atoms with Crippen molar-refractivity contribution in [1.82, 2.24) is 9.29 Å². The first-order chi connectivity index (χ1) is 12.4. The molecule has 0 saturated carbocycles. The van der Waals surface area contributed by atoms with Crippen LogP contribution in [0.15, 0.2) is 5.38 Å². The highest BCUT2D eigenvalue weighted by molar-refractivity contribution is 7.89. The van der Waals surface area contributed by atoms with Crippen molar-refractivity contribution in [2.45, 2.75) is 39.5 Å². The summed E-state index contributed by atoms with van der Waals surface area (Å²) < 4.78 is 30.7. The van der Waals surface area contributed by atoms with Crippen LogP contribution >= 0.6 is 11.3 Å². The summed E-state index contributed by atoms with van der Waals surface area (Å²) in [6.45, 7) is 4.54. The van der Waals surface area contributed by atoms with Gasteiger partial charge in [0.15, 0.2) is 5.13 Å². The fraction of sp³-hybridized carbons (Fsp3) is 0.688. The molecule has 26 heavy (non-hydrogen) atoms.